The molecule has 1 N–H and O–H groups in total. The molecule has 4 rings (SSSR count). The molecule has 248 valence electrons. The third kappa shape index (κ3) is 9.16. The highest BCUT2D eigenvalue weighted by molar-refractivity contribution is 7.92. The van der Waals surface area contributed by atoms with Crippen molar-refractivity contribution in [2.45, 2.75) is 57.1 Å². The number of carbonyl (C=O) groups is 2. The van der Waals surface area contributed by atoms with Crippen molar-refractivity contribution >= 4 is 27.5 Å². The zero-order valence-corrected chi connectivity index (χ0v) is 27.4. The van der Waals surface area contributed by atoms with Gasteiger partial charge in [-0.3, -0.25) is 13.9 Å². The molecule has 0 aliphatic heterocycles. The molecule has 0 aliphatic carbocycles. The molecular formula is C36H39F2N3O5S. The molecule has 47 heavy (non-hydrogen) atoms. The number of halogens is 2. The van der Waals surface area contributed by atoms with Gasteiger partial charge in [-0.25, -0.2) is 17.2 Å². The van der Waals surface area contributed by atoms with Gasteiger partial charge in [0.2, 0.25) is 11.8 Å². The summed E-state index contributed by atoms with van der Waals surface area (Å²) in [5.74, 6) is -1.93. The van der Waals surface area contributed by atoms with E-state index in [0.29, 0.717) is 18.8 Å². The number of nitrogens with one attached hydrogen (secondary N) is 1. The molecule has 11 heteroatoms. The summed E-state index contributed by atoms with van der Waals surface area (Å²) < 4.78 is 63.5. The molecule has 0 spiro atoms. The second-order valence-electron chi connectivity index (χ2n) is 11.0. The number of sulfonamides is 1. The van der Waals surface area contributed by atoms with E-state index in [1.54, 1.807) is 13.0 Å². The number of nitrogens with zero attached hydrogens (tertiary/aromatic N) is 2. The number of benzene rings is 4. The molecular weight excluding hydrogens is 624 g/mol. The largest absolute Gasteiger partial charge is 0.494 e. The van der Waals surface area contributed by atoms with Gasteiger partial charge in [0.05, 0.1) is 17.2 Å². The first-order chi connectivity index (χ1) is 22.5. The molecule has 0 saturated heterocycles. The number of hydrogen-bond acceptors (Lipinski definition) is 5. The molecule has 0 radical (unpaired) electrons. The summed E-state index contributed by atoms with van der Waals surface area (Å²) in [6.07, 6.45) is 0.717. The number of rotatable bonds is 15. The molecule has 2 atom stereocenters. The van der Waals surface area contributed by atoms with Crippen LogP contribution in [0.1, 0.15) is 38.3 Å². The minimum Gasteiger partial charge on any atom is -0.494 e. The highest BCUT2D eigenvalue weighted by Crippen LogP contribution is 2.27. The van der Waals surface area contributed by atoms with E-state index < -0.39 is 46.1 Å². The van der Waals surface area contributed by atoms with E-state index in [2.05, 4.69) is 5.32 Å². The topological polar surface area (TPSA) is 96.0 Å². The summed E-state index contributed by atoms with van der Waals surface area (Å²) in [6.45, 7) is 4.86. The Morgan fingerprint density at radius 1 is 0.851 bits per heavy atom. The van der Waals surface area contributed by atoms with Crippen LogP contribution in [0.15, 0.2) is 108 Å². The number of hydrogen-bond donors (Lipinski definition) is 1. The van der Waals surface area contributed by atoms with E-state index in [0.717, 1.165) is 22.0 Å². The Kier molecular flexibility index (Phi) is 12.1. The van der Waals surface area contributed by atoms with Crippen LogP contribution in [0, 0.1) is 11.6 Å². The lowest BCUT2D eigenvalue weighted by atomic mass is 10.0. The Morgan fingerprint density at radius 2 is 1.49 bits per heavy atom. The van der Waals surface area contributed by atoms with Crippen LogP contribution in [0.5, 0.6) is 5.75 Å². The second-order valence-corrected chi connectivity index (χ2v) is 12.9. The van der Waals surface area contributed by atoms with E-state index in [1.807, 2.05) is 44.2 Å². The molecule has 0 fully saturated rings. The predicted molar refractivity (Wildman–Crippen MR) is 177 cm³/mol. The fourth-order valence-corrected chi connectivity index (χ4v) is 6.36. The maximum absolute atomic E-state index is 15.0. The van der Waals surface area contributed by atoms with Crippen LogP contribution >= 0.6 is 0 Å². The quantitative estimate of drug-likeness (QED) is 0.166. The Hall–Kier alpha value is -4.77. The van der Waals surface area contributed by atoms with Gasteiger partial charge in [0, 0.05) is 24.6 Å². The van der Waals surface area contributed by atoms with Gasteiger partial charge in [0.25, 0.3) is 10.0 Å². The molecule has 0 aliphatic rings. The van der Waals surface area contributed by atoms with Crippen molar-refractivity contribution in [3.05, 3.63) is 126 Å². The third-order valence-electron chi connectivity index (χ3n) is 7.69. The van der Waals surface area contributed by atoms with Crippen molar-refractivity contribution in [1.82, 2.24) is 10.2 Å². The molecule has 4 aromatic rings. The first-order valence-corrected chi connectivity index (χ1v) is 16.9. The number of carbonyl (C=O) groups excluding carboxylic acids is 2. The van der Waals surface area contributed by atoms with Crippen molar-refractivity contribution in [2.75, 3.05) is 17.5 Å². The summed E-state index contributed by atoms with van der Waals surface area (Å²) >= 11 is 0. The molecule has 8 nitrogen and oxygen atoms in total. The fourth-order valence-electron chi connectivity index (χ4n) is 4.94. The van der Waals surface area contributed by atoms with Crippen LogP contribution in [-0.2, 0) is 32.6 Å². The van der Waals surface area contributed by atoms with Crippen LogP contribution in [0.25, 0.3) is 0 Å². The van der Waals surface area contributed by atoms with Crippen LogP contribution < -0.4 is 14.4 Å². The molecule has 0 aromatic heterocycles. The van der Waals surface area contributed by atoms with E-state index >= 15 is 4.39 Å². The lowest BCUT2D eigenvalue weighted by Crippen LogP contribution is -2.54. The van der Waals surface area contributed by atoms with Crippen LogP contribution in [0.4, 0.5) is 14.5 Å². The van der Waals surface area contributed by atoms with Gasteiger partial charge in [0.15, 0.2) is 0 Å². The van der Waals surface area contributed by atoms with Crippen molar-refractivity contribution in [1.29, 1.82) is 0 Å². The monoisotopic (exact) mass is 663 g/mol. The fraction of sp³-hybridized carbons (Fsp3) is 0.278. The zero-order valence-electron chi connectivity index (χ0n) is 26.6. The van der Waals surface area contributed by atoms with E-state index in [1.165, 1.54) is 59.5 Å². The molecule has 2 amide bonds. The summed E-state index contributed by atoms with van der Waals surface area (Å²) in [6, 6.07) is 24.0. The van der Waals surface area contributed by atoms with Gasteiger partial charge < -0.3 is 15.0 Å². The van der Waals surface area contributed by atoms with Crippen molar-refractivity contribution in [3.8, 4) is 5.75 Å². The molecule has 0 saturated carbocycles. The number of ether oxygens (including phenoxy) is 1. The molecule has 0 unspecified atom stereocenters. The van der Waals surface area contributed by atoms with Gasteiger partial charge >= 0.3 is 0 Å². The van der Waals surface area contributed by atoms with Gasteiger partial charge in [-0.1, -0.05) is 55.5 Å². The Balaban J connectivity index is 1.80. The Morgan fingerprint density at radius 3 is 2.11 bits per heavy atom. The maximum atomic E-state index is 15.0. The summed E-state index contributed by atoms with van der Waals surface area (Å²) in [5.41, 5.74) is 0.932. The SMILES string of the molecule is CCOc1ccc(S(=O)(=O)N(CC(=O)N(Cc2ccccc2F)[C@H](Cc2ccccc2)C(=O)N[C@H](C)CC)c2ccc(F)cc2)cc1. The molecule has 0 heterocycles. The number of anilines is 1. The standard InChI is InChI=1S/C36H39F2N3O5S/c1-4-26(3)39-36(43)34(23-27-11-7-6-8-12-27)40(24-28-13-9-10-14-33(28)38)35(42)25-41(30-17-15-29(37)16-18-30)47(44,45)32-21-19-31(20-22-32)46-5-2/h6-22,26,34H,4-5,23-25H2,1-3H3,(H,39,43)/t26-,34-/m1/s1. The number of amides is 2. The lowest BCUT2D eigenvalue weighted by molar-refractivity contribution is -0.140. The third-order valence-corrected chi connectivity index (χ3v) is 9.47. The first kappa shape index (κ1) is 35.1. The Bertz CT molecular complexity index is 1740. The van der Waals surface area contributed by atoms with E-state index in [4.69, 9.17) is 4.74 Å². The predicted octanol–water partition coefficient (Wildman–Crippen LogP) is 6.11. The molecule has 4 aromatic carbocycles. The Labute approximate surface area is 275 Å². The van der Waals surface area contributed by atoms with Gasteiger partial charge in [-0.2, -0.15) is 0 Å². The minimum absolute atomic E-state index is 0.0307. The van der Waals surface area contributed by atoms with Crippen LogP contribution in [0.3, 0.4) is 0 Å². The lowest BCUT2D eigenvalue weighted by Gasteiger charge is -2.34. The maximum Gasteiger partial charge on any atom is 0.264 e. The average molecular weight is 664 g/mol. The van der Waals surface area contributed by atoms with Crippen molar-refractivity contribution in [3.63, 3.8) is 0 Å². The van der Waals surface area contributed by atoms with Gasteiger partial charge in [-0.05, 0) is 80.4 Å². The highest BCUT2D eigenvalue weighted by Gasteiger charge is 2.35. The second kappa shape index (κ2) is 16.2. The van der Waals surface area contributed by atoms with E-state index in [-0.39, 0.29) is 35.2 Å². The van der Waals surface area contributed by atoms with Gasteiger partial charge in [-0.15, -0.1) is 0 Å². The van der Waals surface area contributed by atoms with Crippen molar-refractivity contribution in [2.24, 2.45) is 0 Å². The summed E-state index contributed by atoms with van der Waals surface area (Å²) in [5, 5.41) is 2.94. The summed E-state index contributed by atoms with van der Waals surface area (Å²) in [7, 11) is -4.40. The first-order valence-electron chi connectivity index (χ1n) is 15.4. The van der Waals surface area contributed by atoms with Gasteiger partial charge in [0.1, 0.15) is 30.0 Å². The van der Waals surface area contributed by atoms with Crippen LogP contribution in [-0.4, -0.2) is 50.4 Å². The minimum atomic E-state index is -4.40. The summed E-state index contributed by atoms with van der Waals surface area (Å²) in [4.78, 5) is 29.4. The smallest absolute Gasteiger partial charge is 0.264 e. The highest BCUT2D eigenvalue weighted by atomic mass is 32.2. The van der Waals surface area contributed by atoms with E-state index in [9.17, 15) is 22.4 Å². The van der Waals surface area contributed by atoms with Crippen molar-refractivity contribution < 1.29 is 31.5 Å². The normalized spacial score (nSPS) is 12.5. The van der Waals surface area contributed by atoms with Crippen LogP contribution in [0.2, 0.25) is 0 Å². The molecule has 0 bridgehead atoms. The zero-order chi connectivity index (χ0) is 34.0. The average Bonchev–Trinajstić information content (AvgIpc) is 3.07.